The summed E-state index contributed by atoms with van der Waals surface area (Å²) in [6, 6.07) is 15.0. The van der Waals surface area contributed by atoms with E-state index >= 15 is 0 Å². The zero-order chi connectivity index (χ0) is 20.7. The number of thiocarbonyl (C=S) groups is 1. The van der Waals surface area contributed by atoms with Crippen molar-refractivity contribution in [3.63, 3.8) is 0 Å². The Balaban J connectivity index is 2.12. The number of nitrogens with one attached hydrogen (secondary N) is 3. The Bertz CT molecular complexity index is 860. The first-order valence-corrected chi connectivity index (χ1v) is 9.44. The van der Waals surface area contributed by atoms with Gasteiger partial charge in [0.15, 0.2) is 5.11 Å². The molecule has 0 aliphatic rings. The van der Waals surface area contributed by atoms with Crippen molar-refractivity contribution in [3.8, 4) is 0 Å². The van der Waals surface area contributed by atoms with Gasteiger partial charge >= 0.3 is 5.97 Å². The molecule has 0 heterocycles. The quantitative estimate of drug-likeness (QED) is 0.272. The van der Waals surface area contributed by atoms with Crippen LogP contribution in [0.15, 0.2) is 54.6 Å². The molecule has 0 aromatic heterocycles. The van der Waals surface area contributed by atoms with Crippen LogP contribution in [0.3, 0.4) is 0 Å². The number of anilines is 1. The smallest absolute Gasteiger partial charge is 0.339 e. The Morgan fingerprint density at radius 2 is 1.61 bits per heavy atom. The Kier molecular flexibility index (Phi) is 7.88. The molecule has 0 bridgehead atoms. The van der Waals surface area contributed by atoms with Crippen LogP contribution in [-0.4, -0.2) is 34.1 Å². The molecule has 3 N–H and O–H groups in total. The van der Waals surface area contributed by atoms with Gasteiger partial charge in [0.05, 0.1) is 18.4 Å². The monoisotopic (exact) mass is 459 g/mol. The largest absolute Gasteiger partial charge is 0.465 e. The van der Waals surface area contributed by atoms with Gasteiger partial charge in [-0.15, -0.1) is 0 Å². The number of hydrogen-bond acceptors (Lipinski definition) is 4. The minimum atomic E-state index is -1.90. The summed E-state index contributed by atoms with van der Waals surface area (Å²) in [5, 5.41) is 8.17. The van der Waals surface area contributed by atoms with Crippen LogP contribution < -0.4 is 16.0 Å². The number of carbonyl (C=O) groups excluding carboxylic acids is 2. The van der Waals surface area contributed by atoms with Crippen LogP contribution in [0.2, 0.25) is 0 Å². The highest BCUT2D eigenvalue weighted by Crippen LogP contribution is 2.29. The SMILES string of the molecule is COC(=O)c1ccccc1NC(=S)NC(NC(=O)c1ccccc1)C(Cl)(Cl)Cl. The topological polar surface area (TPSA) is 79.5 Å². The summed E-state index contributed by atoms with van der Waals surface area (Å²) >= 11 is 23.2. The van der Waals surface area contributed by atoms with Crippen molar-refractivity contribution in [1.82, 2.24) is 10.6 Å². The molecular formula is C18H16Cl3N3O3S. The maximum atomic E-state index is 12.4. The summed E-state index contributed by atoms with van der Waals surface area (Å²) in [5.74, 6) is -0.997. The molecule has 148 valence electrons. The fourth-order valence-corrected chi connectivity index (χ4v) is 2.73. The molecule has 10 heteroatoms. The molecule has 0 aliphatic carbocycles. The lowest BCUT2D eigenvalue weighted by atomic mass is 10.2. The molecule has 1 amide bonds. The van der Waals surface area contributed by atoms with Crippen LogP contribution in [0, 0.1) is 0 Å². The molecule has 0 spiro atoms. The maximum absolute atomic E-state index is 12.4. The van der Waals surface area contributed by atoms with Crippen molar-refractivity contribution in [3.05, 3.63) is 65.7 Å². The number of rotatable bonds is 5. The van der Waals surface area contributed by atoms with E-state index in [1.807, 2.05) is 0 Å². The summed E-state index contributed by atoms with van der Waals surface area (Å²) in [5.41, 5.74) is 1.05. The third-order valence-corrected chi connectivity index (χ3v) is 4.37. The number of ether oxygens (including phenoxy) is 1. The number of amides is 1. The molecule has 0 fully saturated rings. The maximum Gasteiger partial charge on any atom is 0.339 e. The summed E-state index contributed by atoms with van der Waals surface area (Å²) in [6.07, 6.45) is -1.14. The first-order chi connectivity index (χ1) is 13.2. The molecule has 0 radical (unpaired) electrons. The zero-order valence-corrected chi connectivity index (χ0v) is 17.6. The van der Waals surface area contributed by atoms with Gasteiger partial charge in [-0.1, -0.05) is 65.1 Å². The van der Waals surface area contributed by atoms with E-state index in [1.54, 1.807) is 54.6 Å². The van der Waals surface area contributed by atoms with Gasteiger partial charge < -0.3 is 20.7 Å². The number of alkyl halides is 3. The fraction of sp³-hybridized carbons (Fsp3) is 0.167. The second kappa shape index (κ2) is 9.93. The summed E-state index contributed by atoms with van der Waals surface area (Å²) in [4.78, 5) is 24.2. The minimum Gasteiger partial charge on any atom is -0.465 e. The first-order valence-electron chi connectivity index (χ1n) is 7.90. The Hall–Kier alpha value is -2.06. The Labute approximate surface area is 182 Å². The van der Waals surface area contributed by atoms with Crippen LogP contribution in [0.25, 0.3) is 0 Å². The van der Waals surface area contributed by atoms with Gasteiger partial charge in [-0.3, -0.25) is 4.79 Å². The number of para-hydroxylation sites is 1. The number of halogens is 3. The van der Waals surface area contributed by atoms with Crippen LogP contribution in [0.5, 0.6) is 0 Å². The molecule has 2 aromatic carbocycles. The highest BCUT2D eigenvalue weighted by molar-refractivity contribution is 7.80. The van der Waals surface area contributed by atoms with E-state index in [4.69, 9.17) is 51.8 Å². The number of benzene rings is 2. The van der Waals surface area contributed by atoms with Gasteiger partial charge in [-0.2, -0.15) is 0 Å². The summed E-state index contributed by atoms with van der Waals surface area (Å²) < 4.78 is 2.83. The van der Waals surface area contributed by atoms with Crippen LogP contribution in [-0.2, 0) is 4.74 Å². The number of esters is 1. The van der Waals surface area contributed by atoms with Crippen molar-refractivity contribution in [2.45, 2.75) is 9.96 Å². The normalized spacial score (nSPS) is 11.9. The average Bonchev–Trinajstić information content (AvgIpc) is 2.67. The van der Waals surface area contributed by atoms with Gasteiger partial charge in [-0.05, 0) is 36.5 Å². The molecule has 2 aromatic rings. The van der Waals surface area contributed by atoms with Crippen LogP contribution in [0.1, 0.15) is 20.7 Å². The van der Waals surface area contributed by atoms with Crippen molar-refractivity contribution in [2.24, 2.45) is 0 Å². The number of hydrogen-bond donors (Lipinski definition) is 3. The predicted molar refractivity (Wildman–Crippen MR) is 115 cm³/mol. The van der Waals surface area contributed by atoms with Gasteiger partial charge in [0.2, 0.25) is 3.79 Å². The molecule has 0 saturated heterocycles. The number of methoxy groups -OCH3 is 1. The van der Waals surface area contributed by atoms with E-state index in [-0.39, 0.29) is 10.7 Å². The van der Waals surface area contributed by atoms with E-state index in [9.17, 15) is 9.59 Å². The molecule has 1 atom stereocenters. The molecule has 2 rings (SSSR count). The van der Waals surface area contributed by atoms with Gasteiger partial charge in [0, 0.05) is 5.56 Å². The second-order valence-corrected chi connectivity index (χ2v) is 8.23. The number of carbonyl (C=O) groups is 2. The highest BCUT2D eigenvalue weighted by atomic mass is 35.6. The summed E-state index contributed by atoms with van der Waals surface area (Å²) in [7, 11) is 1.27. The molecule has 0 saturated carbocycles. The lowest BCUT2D eigenvalue weighted by molar-refractivity contribution is 0.0601. The third kappa shape index (κ3) is 6.24. The first kappa shape index (κ1) is 22.2. The van der Waals surface area contributed by atoms with Crippen molar-refractivity contribution in [1.29, 1.82) is 0 Å². The predicted octanol–water partition coefficient (Wildman–Crippen LogP) is 3.89. The lowest BCUT2D eigenvalue weighted by Crippen LogP contribution is -2.56. The standard InChI is InChI=1S/C18H16Cl3N3O3S/c1-27-15(26)12-9-5-6-10-13(12)22-17(28)24-16(18(19,20)21)23-14(25)11-7-3-2-4-8-11/h2-10,16H,1H3,(H,23,25)(H2,22,24,28). The zero-order valence-electron chi connectivity index (χ0n) is 14.5. The fourth-order valence-electron chi connectivity index (χ4n) is 2.17. The van der Waals surface area contributed by atoms with Gasteiger partial charge in [0.1, 0.15) is 6.17 Å². The molecule has 28 heavy (non-hydrogen) atoms. The summed E-state index contributed by atoms with van der Waals surface area (Å²) in [6.45, 7) is 0. The molecule has 0 aliphatic heterocycles. The molecule has 1 unspecified atom stereocenters. The van der Waals surface area contributed by atoms with E-state index in [0.29, 0.717) is 11.3 Å². The lowest BCUT2D eigenvalue weighted by Gasteiger charge is -2.28. The van der Waals surface area contributed by atoms with Crippen molar-refractivity contribution >= 4 is 69.7 Å². The molecule has 6 nitrogen and oxygen atoms in total. The van der Waals surface area contributed by atoms with Crippen LogP contribution >= 0.6 is 47.0 Å². The average molecular weight is 461 g/mol. The van der Waals surface area contributed by atoms with Gasteiger partial charge in [-0.25, -0.2) is 4.79 Å². The second-order valence-electron chi connectivity index (χ2n) is 5.45. The third-order valence-electron chi connectivity index (χ3n) is 3.49. The van der Waals surface area contributed by atoms with Gasteiger partial charge in [0.25, 0.3) is 5.91 Å². The van der Waals surface area contributed by atoms with E-state index < -0.39 is 21.8 Å². The Morgan fingerprint density at radius 1 is 1.00 bits per heavy atom. The van der Waals surface area contributed by atoms with E-state index in [0.717, 1.165) is 0 Å². The minimum absolute atomic E-state index is 0.0287. The van der Waals surface area contributed by atoms with E-state index in [2.05, 4.69) is 16.0 Å². The van der Waals surface area contributed by atoms with Crippen LogP contribution in [0.4, 0.5) is 5.69 Å². The van der Waals surface area contributed by atoms with Crippen molar-refractivity contribution in [2.75, 3.05) is 12.4 Å². The van der Waals surface area contributed by atoms with E-state index in [1.165, 1.54) is 7.11 Å². The molecular weight excluding hydrogens is 445 g/mol. The highest BCUT2D eigenvalue weighted by Gasteiger charge is 2.35. The Morgan fingerprint density at radius 3 is 2.21 bits per heavy atom. The van der Waals surface area contributed by atoms with Crippen molar-refractivity contribution < 1.29 is 14.3 Å².